The molecule has 362 valence electrons. The van der Waals surface area contributed by atoms with Crippen LogP contribution in [0.3, 0.4) is 0 Å². The second-order valence-electron chi connectivity index (χ2n) is 15.6. The summed E-state index contributed by atoms with van der Waals surface area (Å²) in [4.78, 5) is 12.3. The first-order chi connectivity index (χ1) is 33.7. The number of carbonyl (C=O) groups excluding carboxylic acids is 1. The van der Waals surface area contributed by atoms with Gasteiger partial charge in [-0.15, -0.1) is 0 Å². The van der Waals surface area contributed by atoms with Gasteiger partial charge in [0, 0.05) is 19.2 Å². The molecule has 6 aromatic carbocycles. The largest absolute Gasteiger partial charge is 0.493 e. The molecular weight excluding hydrogens is 877 g/mol. The molecule has 0 spiro atoms. The SMILES string of the molecule is COc1cc2c(cc1OCc1ccccc1)CCNC2/C=C/c1cc(OC)c(OC)c(OC)c1.COc1ccc(CCNC(=O)/C=C/c2cc(OC)c(OC)c(OC)c2)cc1OCc1ccccc1. The van der Waals surface area contributed by atoms with Crippen LogP contribution in [-0.4, -0.2) is 75.9 Å². The molecule has 0 aromatic heterocycles. The van der Waals surface area contributed by atoms with E-state index >= 15 is 0 Å². The zero-order chi connectivity index (χ0) is 49.0. The molecule has 2 N–H and O–H groups in total. The number of fused-ring (bicyclic) bond motifs is 1. The molecule has 69 heavy (non-hydrogen) atoms. The molecule has 1 atom stereocenters. The standard InChI is InChI=1S/C28H31NO6.C28H31NO5/c1-31-23-12-10-20(16-24(23)35-19-21-8-6-5-7-9-21)14-15-29-27(30)13-11-22-17-25(32-2)28(34-4)26(18-22)33-3;1-30-24-17-22-21(16-25(24)34-18-19-8-6-5-7-9-19)12-13-29-23(22)11-10-20-14-26(31-2)28(33-4)27(15-20)32-3/h5-13,16-18H,14-15,19H2,1-4H3,(H,29,30);5-11,14-17,23,29H,12-13,18H2,1-4H3/b13-11+;11-10+. The number of ether oxygens (including phenoxy) is 10. The third-order valence-corrected chi connectivity index (χ3v) is 11.2. The van der Waals surface area contributed by atoms with Crippen LogP contribution in [-0.2, 0) is 30.8 Å². The van der Waals surface area contributed by atoms with Crippen LogP contribution in [0.5, 0.6) is 57.5 Å². The van der Waals surface area contributed by atoms with Crippen molar-refractivity contribution >= 4 is 18.1 Å². The molecule has 7 rings (SSSR count). The minimum atomic E-state index is -0.201. The molecule has 13 heteroatoms. The van der Waals surface area contributed by atoms with E-state index < -0.39 is 0 Å². The van der Waals surface area contributed by atoms with E-state index in [4.69, 9.17) is 47.4 Å². The maximum absolute atomic E-state index is 12.3. The highest BCUT2D eigenvalue weighted by Gasteiger charge is 2.22. The van der Waals surface area contributed by atoms with Crippen LogP contribution in [0.4, 0.5) is 0 Å². The molecule has 0 fully saturated rings. The summed E-state index contributed by atoms with van der Waals surface area (Å²) in [7, 11) is 12.8. The fourth-order valence-electron chi connectivity index (χ4n) is 7.66. The van der Waals surface area contributed by atoms with E-state index in [1.54, 1.807) is 75.1 Å². The number of rotatable bonds is 21. The van der Waals surface area contributed by atoms with E-state index in [-0.39, 0.29) is 11.9 Å². The molecule has 1 amide bonds. The Bertz CT molecular complexity index is 2600. The van der Waals surface area contributed by atoms with Gasteiger partial charge >= 0.3 is 0 Å². The Morgan fingerprint density at radius 3 is 1.55 bits per heavy atom. The normalized spacial score (nSPS) is 12.8. The van der Waals surface area contributed by atoms with Gasteiger partial charge in [0.25, 0.3) is 0 Å². The van der Waals surface area contributed by atoms with Crippen molar-refractivity contribution < 1.29 is 52.2 Å². The zero-order valence-corrected chi connectivity index (χ0v) is 40.6. The van der Waals surface area contributed by atoms with Crippen molar-refractivity contribution in [1.82, 2.24) is 10.6 Å². The predicted molar refractivity (Wildman–Crippen MR) is 269 cm³/mol. The molecule has 1 aliphatic heterocycles. The van der Waals surface area contributed by atoms with E-state index in [1.807, 2.05) is 78.9 Å². The summed E-state index contributed by atoms with van der Waals surface area (Å²) in [6, 6.07) is 37.5. The van der Waals surface area contributed by atoms with Gasteiger partial charge in [0.1, 0.15) is 13.2 Å². The summed E-state index contributed by atoms with van der Waals surface area (Å²) in [5, 5.41) is 6.49. The average Bonchev–Trinajstić information content (AvgIpc) is 3.40. The molecule has 1 heterocycles. The molecule has 0 saturated heterocycles. The number of carbonyl (C=O) groups is 1. The van der Waals surface area contributed by atoms with Gasteiger partial charge in [-0.2, -0.15) is 0 Å². The lowest BCUT2D eigenvalue weighted by atomic mass is 9.93. The lowest BCUT2D eigenvalue weighted by Gasteiger charge is -2.26. The van der Waals surface area contributed by atoms with E-state index in [0.29, 0.717) is 72.2 Å². The van der Waals surface area contributed by atoms with E-state index in [2.05, 4.69) is 47.1 Å². The monoisotopic (exact) mass is 938 g/mol. The van der Waals surface area contributed by atoms with Gasteiger partial charge in [-0.3, -0.25) is 4.79 Å². The van der Waals surface area contributed by atoms with Gasteiger partial charge in [-0.05, 0) is 106 Å². The van der Waals surface area contributed by atoms with Crippen LogP contribution in [0, 0.1) is 0 Å². The van der Waals surface area contributed by atoms with Crippen molar-refractivity contribution in [2.45, 2.75) is 32.1 Å². The van der Waals surface area contributed by atoms with Crippen LogP contribution in [0.1, 0.15) is 45.0 Å². The fourth-order valence-corrected chi connectivity index (χ4v) is 7.66. The number of amides is 1. The summed E-state index contributed by atoms with van der Waals surface area (Å²) in [5.74, 6) is 6.01. The highest BCUT2D eigenvalue weighted by molar-refractivity contribution is 5.92. The van der Waals surface area contributed by atoms with Gasteiger partial charge in [-0.1, -0.05) is 78.9 Å². The Hall–Kier alpha value is -7.77. The topological polar surface area (TPSA) is 133 Å². The van der Waals surface area contributed by atoms with Gasteiger partial charge in [-0.25, -0.2) is 0 Å². The minimum Gasteiger partial charge on any atom is -0.493 e. The highest BCUT2D eigenvalue weighted by Crippen LogP contribution is 2.41. The smallest absolute Gasteiger partial charge is 0.244 e. The molecule has 6 aromatic rings. The van der Waals surface area contributed by atoms with E-state index in [9.17, 15) is 4.79 Å². The molecule has 0 saturated carbocycles. The lowest BCUT2D eigenvalue weighted by molar-refractivity contribution is -0.116. The summed E-state index contributed by atoms with van der Waals surface area (Å²) in [6.45, 7) is 2.30. The molecule has 13 nitrogen and oxygen atoms in total. The summed E-state index contributed by atoms with van der Waals surface area (Å²) >= 11 is 0. The summed E-state index contributed by atoms with van der Waals surface area (Å²) in [5.41, 5.74) is 7.37. The summed E-state index contributed by atoms with van der Waals surface area (Å²) < 4.78 is 55.6. The van der Waals surface area contributed by atoms with Crippen LogP contribution in [0.25, 0.3) is 12.2 Å². The quantitative estimate of drug-likeness (QED) is 0.0666. The first kappa shape index (κ1) is 50.6. The second kappa shape index (κ2) is 26.0. The van der Waals surface area contributed by atoms with Gasteiger partial charge in [0.2, 0.25) is 17.4 Å². The Morgan fingerprint density at radius 2 is 1.04 bits per heavy atom. The Morgan fingerprint density at radius 1 is 0.536 bits per heavy atom. The minimum absolute atomic E-state index is 0.0416. The van der Waals surface area contributed by atoms with Crippen LogP contribution in [0.2, 0.25) is 0 Å². The van der Waals surface area contributed by atoms with Crippen molar-refractivity contribution in [2.24, 2.45) is 0 Å². The van der Waals surface area contributed by atoms with Crippen molar-refractivity contribution in [1.29, 1.82) is 0 Å². The molecule has 0 radical (unpaired) electrons. The van der Waals surface area contributed by atoms with Crippen LogP contribution in [0.15, 0.2) is 127 Å². The summed E-state index contributed by atoms with van der Waals surface area (Å²) in [6.07, 6.45) is 8.95. The number of nitrogens with one attached hydrogen (secondary N) is 2. The molecular formula is C56H62N2O11. The molecule has 0 aliphatic carbocycles. The van der Waals surface area contributed by atoms with Crippen molar-refractivity contribution in [3.8, 4) is 57.5 Å². The van der Waals surface area contributed by atoms with Gasteiger partial charge < -0.3 is 58.0 Å². The third-order valence-electron chi connectivity index (χ3n) is 11.2. The van der Waals surface area contributed by atoms with Crippen molar-refractivity contribution in [3.05, 3.63) is 166 Å². The van der Waals surface area contributed by atoms with Crippen LogP contribution >= 0.6 is 0 Å². The Balaban J connectivity index is 0.000000227. The maximum atomic E-state index is 12.3. The number of methoxy groups -OCH3 is 8. The van der Waals surface area contributed by atoms with Gasteiger partial charge in [0.15, 0.2) is 46.0 Å². The number of hydrogen-bond donors (Lipinski definition) is 2. The molecule has 1 aliphatic rings. The Kier molecular flexibility index (Phi) is 19.0. The fraction of sp³-hybridized carbons (Fsp3) is 0.268. The van der Waals surface area contributed by atoms with Gasteiger partial charge in [0.05, 0.1) is 62.9 Å². The molecule has 1 unspecified atom stereocenters. The number of benzene rings is 6. The second-order valence-corrected chi connectivity index (χ2v) is 15.6. The van der Waals surface area contributed by atoms with Crippen molar-refractivity contribution in [3.63, 3.8) is 0 Å². The molecule has 0 bridgehead atoms. The first-order valence-electron chi connectivity index (χ1n) is 22.4. The maximum Gasteiger partial charge on any atom is 0.244 e. The highest BCUT2D eigenvalue weighted by atomic mass is 16.5. The third kappa shape index (κ3) is 13.9. The lowest BCUT2D eigenvalue weighted by Crippen LogP contribution is -2.28. The van der Waals surface area contributed by atoms with Crippen molar-refractivity contribution in [2.75, 3.05) is 70.0 Å². The van der Waals surface area contributed by atoms with E-state index in [1.165, 1.54) is 17.2 Å². The van der Waals surface area contributed by atoms with E-state index in [0.717, 1.165) is 52.3 Å². The zero-order valence-electron chi connectivity index (χ0n) is 40.6. The first-order valence-corrected chi connectivity index (χ1v) is 22.4. The van der Waals surface area contributed by atoms with Crippen LogP contribution < -0.4 is 58.0 Å². The Labute approximate surface area is 405 Å². The predicted octanol–water partition coefficient (Wildman–Crippen LogP) is 9.87. The number of hydrogen-bond acceptors (Lipinski definition) is 12. The average molecular weight is 939 g/mol.